The summed E-state index contributed by atoms with van der Waals surface area (Å²) in [6.07, 6.45) is 5.22. The number of ether oxygens (including phenoxy) is 1. The zero-order valence-corrected chi connectivity index (χ0v) is 12.6. The Balaban J connectivity index is 1.46. The Hall–Kier alpha value is -0.940. The fourth-order valence-electron chi connectivity index (χ4n) is 3.57. The number of carbonyl (C=O) groups is 1. The zero-order valence-electron chi connectivity index (χ0n) is 11.7. The topological polar surface area (TPSA) is 42.4 Å². The van der Waals surface area contributed by atoms with Gasteiger partial charge in [0.25, 0.3) is 5.91 Å². The SMILES string of the molecule is Cc1nc(C(=O)N2CC3CCC2C3OCC2CC2)cs1. The Morgan fingerprint density at radius 1 is 1.45 bits per heavy atom. The molecule has 3 fully saturated rings. The average Bonchev–Trinajstić information content (AvgIpc) is 2.91. The summed E-state index contributed by atoms with van der Waals surface area (Å²) >= 11 is 1.54. The predicted molar refractivity (Wildman–Crippen MR) is 76.9 cm³/mol. The van der Waals surface area contributed by atoms with Crippen LogP contribution in [-0.2, 0) is 4.74 Å². The number of carbonyl (C=O) groups excluding carboxylic acids is 1. The molecule has 1 saturated heterocycles. The van der Waals surface area contributed by atoms with Gasteiger partial charge in [0.15, 0.2) is 0 Å². The van der Waals surface area contributed by atoms with Crippen molar-refractivity contribution in [2.75, 3.05) is 13.2 Å². The Morgan fingerprint density at radius 2 is 2.30 bits per heavy atom. The molecule has 2 aliphatic carbocycles. The molecule has 0 N–H and O–H groups in total. The van der Waals surface area contributed by atoms with Crippen LogP contribution in [0, 0.1) is 18.8 Å². The normalized spacial score (nSPS) is 32.0. The van der Waals surface area contributed by atoms with Gasteiger partial charge in [0.2, 0.25) is 0 Å². The molecule has 4 rings (SSSR count). The van der Waals surface area contributed by atoms with Gasteiger partial charge in [0, 0.05) is 24.4 Å². The number of hydrogen-bond donors (Lipinski definition) is 0. The molecular weight excluding hydrogens is 272 g/mol. The molecule has 1 aromatic heterocycles. The van der Waals surface area contributed by atoms with Gasteiger partial charge in [-0.2, -0.15) is 0 Å². The lowest BCUT2D eigenvalue weighted by molar-refractivity contribution is 0.0207. The second-order valence-electron chi connectivity index (χ2n) is 6.36. The van der Waals surface area contributed by atoms with Crippen molar-refractivity contribution < 1.29 is 9.53 Å². The summed E-state index contributed by atoms with van der Waals surface area (Å²) in [4.78, 5) is 18.9. The van der Waals surface area contributed by atoms with Crippen LogP contribution in [0.15, 0.2) is 5.38 Å². The minimum Gasteiger partial charge on any atom is -0.375 e. The van der Waals surface area contributed by atoms with E-state index in [4.69, 9.17) is 4.74 Å². The molecule has 0 radical (unpaired) electrons. The largest absolute Gasteiger partial charge is 0.375 e. The first-order chi connectivity index (χ1) is 9.72. The average molecular weight is 292 g/mol. The third kappa shape index (κ3) is 2.17. The molecule has 108 valence electrons. The first-order valence-electron chi connectivity index (χ1n) is 7.57. The second-order valence-corrected chi connectivity index (χ2v) is 7.42. The maximum absolute atomic E-state index is 12.6. The number of likely N-dealkylation sites (tertiary alicyclic amines) is 1. The first-order valence-corrected chi connectivity index (χ1v) is 8.45. The number of piperidine rings is 1. The number of hydrogen-bond acceptors (Lipinski definition) is 4. The molecule has 0 aromatic carbocycles. The Morgan fingerprint density at radius 3 is 3.00 bits per heavy atom. The molecule has 2 heterocycles. The Kier molecular flexibility index (Phi) is 3.07. The number of thiazole rings is 1. The molecule has 1 aliphatic heterocycles. The smallest absolute Gasteiger partial charge is 0.273 e. The van der Waals surface area contributed by atoms with Gasteiger partial charge in [0.05, 0.1) is 17.2 Å². The van der Waals surface area contributed by atoms with E-state index < -0.39 is 0 Å². The lowest BCUT2D eigenvalue weighted by Gasteiger charge is -2.26. The predicted octanol–water partition coefficient (Wildman–Crippen LogP) is 2.48. The molecule has 20 heavy (non-hydrogen) atoms. The van der Waals surface area contributed by atoms with Crippen molar-refractivity contribution in [1.82, 2.24) is 9.88 Å². The van der Waals surface area contributed by atoms with Crippen molar-refractivity contribution in [3.05, 3.63) is 16.1 Å². The molecule has 3 atom stereocenters. The van der Waals surface area contributed by atoms with Crippen LogP contribution in [0.3, 0.4) is 0 Å². The van der Waals surface area contributed by atoms with E-state index >= 15 is 0 Å². The summed E-state index contributed by atoms with van der Waals surface area (Å²) in [5, 5.41) is 2.84. The lowest BCUT2D eigenvalue weighted by atomic mass is 10.1. The van der Waals surface area contributed by atoms with E-state index in [1.807, 2.05) is 17.2 Å². The van der Waals surface area contributed by atoms with E-state index in [1.54, 1.807) is 11.3 Å². The van der Waals surface area contributed by atoms with Gasteiger partial charge in [-0.05, 0) is 38.5 Å². The number of nitrogens with zero attached hydrogens (tertiary/aromatic N) is 2. The molecule has 5 heteroatoms. The first kappa shape index (κ1) is 12.8. The van der Waals surface area contributed by atoms with Gasteiger partial charge in [0.1, 0.15) is 5.69 Å². The molecule has 3 unspecified atom stereocenters. The minimum absolute atomic E-state index is 0.0987. The van der Waals surface area contributed by atoms with Crippen LogP contribution >= 0.6 is 11.3 Å². The van der Waals surface area contributed by atoms with E-state index in [0.717, 1.165) is 30.5 Å². The summed E-state index contributed by atoms with van der Waals surface area (Å²) in [6.45, 7) is 3.70. The Labute approximate surface area is 123 Å². The molecule has 4 nitrogen and oxygen atoms in total. The van der Waals surface area contributed by atoms with Crippen molar-refractivity contribution in [3.63, 3.8) is 0 Å². The second kappa shape index (κ2) is 4.81. The highest BCUT2D eigenvalue weighted by molar-refractivity contribution is 7.09. The van der Waals surface area contributed by atoms with Gasteiger partial charge in [-0.1, -0.05) is 0 Å². The van der Waals surface area contributed by atoms with Crippen LogP contribution in [0.4, 0.5) is 0 Å². The summed E-state index contributed by atoms with van der Waals surface area (Å²) in [5.41, 5.74) is 0.612. The highest BCUT2D eigenvalue weighted by Crippen LogP contribution is 2.41. The van der Waals surface area contributed by atoms with E-state index in [-0.39, 0.29) is 18.1 Å². The minimum atomic E-state index is 0.0987. The van der Waals surface area contributed by atoms with Crippen LogP contribution < -0.4 is 0 Å². The van der Waals surface area contributed by atoms with Crippen molar-refractivity contribution in [2.45, 2.75) is 44.8 Å². The summed E-state index contributed by atoms with van der Waals surface area (Å²) < 4.78 is 6.12. The van der Waals surface area contributed by atoms with Gasteiger partial charge in [-0.25, -0.2) is 4.98 Å². The molecule has 1 amide bonds. The molecule has 0 spiro atoms. The number of aryl methyl sites for hydroxylation is 1. The molecular formula is C15H20N2O2S. The third-order valence-corrected chi connectivity index (χ3v) is 5.60. The molecule has 1 aromatic rings. The van der Waals surface area contributed by atoms with E-state index in [2.05, 4.69) is 4.98 Å². The van der Waals surface area contributed by atoms with Crippen molar-refractivity contribution >= 4 is 17.2 Å². The lowest BCUT2D eigenvalue weighted by Crippen LogP contribution is -2.40. The third-order valence-electron chi connectivity index (χ3n) is 4.83. The summed E-state index contributed by atoms with van der Waals surface area (Å²) in [5.74, 6) is 1.43. The quantitative estimate of drug-likeness (QED) is 0.856. The monoisotopic (exact) mass is 292 g/mol. The van der Waals surface area contributed by atoms with Crippen LogP contribution in [0.5, 0.6) is 0 Å². The van der Waals surface area contributed by atoms with E-state index in [9.17, 15) is 4.79 Å². The molecule has 2 bridgehead atoms. The maximum atomic E-state index is 12.6. The fourth-order valence-corrected chi connectivity index (χ4v) is 4.15. The van der Waals surface area contributed by atoms with Crippen LogP contribution in [0.1, 0.15) is 41.2 Å². The maximum Gasteiger partial charge on any atom is 0.273 e. The van der Waals surface area contributed by atoms with Crippen LogP contribution in [-0.4, -0.2) is 41.1 Å². The highest BCUT2D eigenvalue weighted by Gasteiger charge is 2.50. The van der Waals surface area contributed by atoms with Crippen molar-refractivity contribution in [1.29, 1.82) is 0 Å². The van der Waals surface area contributed by atoms with Crippen molar-refractivity contribution in [3.8, 4) is 0 Å². The molecule has 3 aliphatic rings. The van der Waals surface area contributed by atoms with Crippen molar-refractivity contribution in [2.24, 2.45) is 11.8 Å². The fraction of sp³-hybridized carbons (Fsp3) is 0.733. The van der Waals surface area contributed by atoms with Crippen LogP contribution in [0.25, 0.3) is 0 Å². The summed E-state index contributed by atoms with van der Waals surface area (Å²) in [6, 6.07) is 0.285. The zero-order chi connectivity index (χ0) is 13.7. The number of amides is 1. The van der Waals surface area contributed by atoms with Gasteiger partial charge in [-0.3, -0.25) is 4.79 Å². The molecule has 2 saturated carbocycles. The van der Waals surface area contributed by atoms with Gasteiger partial charge >= 0.3 is 0 Å². The number of fused-ring (bicyclic) bond motifs is 2. The Bertz CT molecular complexity index is 526. The van der Waals surface area contributed by atoms with Gasteiger partial charge in [-0.15, -0.1) is 11.3 Å². The van der Waals surface area contributed by atoms with E-state index in [1.165, 1.54) is 19.3 Å². The highest BCUT2D eigenvalue weighted by atomic mass is 32.1. The number of rotatable bonds is 4. The van der Waals surface area contributed by atoms with E-state index in [0.29, 0.717) is 11.6 Å². The standard InChI is InChI=1S/C15H20N2O2S/c1-9-16-12(8-20-9)15(18)17-6-11-4-5-13(17)14(11)19-7-10-2-3-10/h8,10-11,13-14H,2-7H2,1H3. The summed E-state index contributed by atoms with van der Waals surface area (Å²) in [7, 11) is 0. The van der Waals surface area contributed by atoms with Gasteiger partial charge < -0.3 is 9.64 Å². The van der Waals surface area contributed by atoms with Crippen LogP contribution in [0.2, 0.25) is 0 Å². The number of aromatic nitrogens is 1.